The number of benzene rings is 1. The lowest BCUT2D eigenvalue weighted by Crippen LogP contribution is -2.47. The van der Waals surface area contributed by atoms with Crippen LogP contribution < -0.4 is 5.32 Å². The Morgan fingerprint density at radius 1 is 1.08 bits per heavy atom. The first kappa shape index (κ1) is 17.5. The van der Waals surface area contributed by atoms with E-state index >= 15 is 0 Å². The van der Waals surface area contributed by atoms with Crippen molar-refractivity contribution in [1.82, 2.24) is 19.8 Å². The average Bonchev–Trinajstić information content (AvgIpc) is 2.60. The van der Waals surface area contributed by atoms with E-state index in [0.29, 0.717) is 0 Å². The second-order valence-corrected chi connectivity index (χ2v) is 6.99. The van der Waals surface area contributed by atoms with Crippen molar-refractivity contribution in [3.8, 4) is 0 Å². The Bertz CT molecular complexity index is 660. The number of aliphatic hydroxyl groups excluding tert-OH is 1. The Kier molecular flexibility index (Phi) is 6.37. The lowest BCUT2D eigenvalue weighted by Gasteiger charge is -2.34. The number of hydrogen-bond donors (Lipinski definition) is 2. The molecule has 2 heterocycles. The summed E-state index contributed by atoms with van der Waals surface area (Å²) in [5, 5.41) is 13.5. The summed E-state index contributed by atoms with van der Waals surface area (Å²) in [6, 6.07) is 6.05. The van der Waals surface area contributed by atoms with Gasteiger partial charge < -0.3 is 15.3 Å². The van der Waals surface area contributed by atoms with Crippen LogP contribution in [-0.4, -0.2) is 77.3 Å². The molecule has 3 rings (SSSR count). The minimum Gasteiger partial charge on any atom is -0.395 e. The third-order valence-electron chi connectivity index (χ3n) is 4.42. The highest BCUT2D eigenvalue weighted by molar-refractivity contribution is 9.10. The van der Waals surface area contributed by atoms with Gasteiger partial charge in [-0.1, -0.05) is 15.9 Å². The third kappa shape index (κ3) is 4.63. The monoisotopic (exact) mass is 393 g/mol. The molecule has 2 aromatic rings. The third-order valence-corrected chi connectivity index (χ3v) is 4.92. The summed E-state index contributed by atoms with van der Waals surface area (Å²) in [5.74, 6) is 0.897. The number of nitrogens with zero attached hydrogens (tertiary/aromatic N) is 4. The number of nitrogens with one attached hydrogen (secondary N) is 1. The summed E-state index contributed by atoms with van der Waals surface area (Å²) in [4.78, 5) is 13.5. The van der Waals surface area contributed by atoms with Crippen LogP contribution in [0.4, 0.5) is 5.82 Å². The molecule has 0 unspecified atom stereocenters. The summed E-state index contributed by atoms with van der Waals surface area (Å²) < 4.78 is 1.04. The summed E-state index contributed by atoms with van der Waals surface area (Å²) >= 11 is 3.51. The van der Waals surface area contributed by atoms with E-state index in [1.807, 2.05) is 12.1 Å². The molecule has 1 aliphatic heterocycles. The fraction of sp³-hybridized carbons (Fsp3) is 0.529. The molecule has 1 aromatic carbocycles. The summed E-state index contributed by atoms with van der Waals surface area (Å²) in [6.45, 7) is 7.32. The predicted octanol–water partition coefficient (Wildman–Crippen LogP) is 1.80. The standard InChI is InChI=1S/C17H24BrN5O/c18-14-2-3-16-15(12-14)17(21-13-20-16)19-4-1-5-22-6-8-23(9-7-22)10-11-24/h2-3,12-13,24H,1,4-11H2,(H,19,20,21). The molecule has 1 aliphatic rings. The summed E-state index contributed by atoms with van der Waals surface area (Å²) in [5.41, 5.74) is 0.954. The average molecular weight is 394 g/mol. The number of rotatable bonds is 7. The molecule has 1 saturated heterocycles. The Labute approximate surface area is 151 Å². The molecule has 0 spiro atoms. The van der Waals surface area contributed by atoms with Crippen molar-refractivity contribution in [2.24, 2.45) is 0 Å². The van der Waals surface area contributed by atoms with Gasteiger partial charge in [0.1, 0.15) is 12.1 Å². The van der Waals surface area contributed by atoms with Gasteiger partial charge in [0.25, 0.3) is 0 Å². The molecule has 0 bridgehead atoms. The van der Waals surface area contributed by atoms with Gasteiger partial charge in [-0.15, -0.1) is 0 Å². The Morgan fingerprint density at radius 2 is 1.83 bits per heavy atom. The Morgan fingerprint density at radius 3 is 2.58 bits per heavy atom. The topological polar surface area (TPSA) is 64.5 Å². The molecule has 0 amide bonds. The molecule has 0 radical (unpaired) electrons. The normalized spacial score (nSPS) is 16.6. The van der Waals surface area contributed by atoms with Gasteiger partial charge in [0.15, 0.2) is 0 Å². The van der Waals surface area contributed by atoms with Crippen molar-refractivity contribution in [1.29, 1.82) is 0 Å². The molecule has 2 N–H and O–H groups in total. The zero-order valence-corrected chi connectivity index (χ0v) is 15.4. The predicted molar refractivity (Wildman–Crippen MR) is 100 cm³/mol. The molecular formula is C17H24BrN5O. The zero-order valence-electron chi connectivity index (χ0n) is 13.8. The number of hydrogen-bond acceptors (Lipinski definition) is 6. The number of aliphatic hydroxyl groups is 1. The first-order chi connectivity index (χ1) is 11.8. The van der Waals surface area contributed by atoms with Crippen LogP contribution in [0.3, 0.4) is 0 Å². The van der Waals surface area contributed by atoms with E-state index in [1.165, 1.54) is 0 Å². The maximum atomic E-state index is 8.98. The van der Waals surface area contributed by atoms with Crippen LogP contribution >= 0.6 is 15.9 Å². The van der Waals surface area contributed by atoms with Crippen LogP contribution in [0.1, 0.15) is 6.42 Å². The molecule has 7 heteroatoms. The number of piperazine rings is 1. The van der Waals surface area contributed by atoms with Gasteiger partial charge in [-0.3, -0.25) is 4.90 Å². The SMILES string of the molecule is OCCN1CCN(CCCNc2ncnc3ccc(Br)cc23)CC1. The summed E-state index contributed by atoms with van der Waals surface area (Å²) in [7, 11) is 0. The summed E-state index contributed by atoms with van der Waals surface area (Å²) in [6.07, 6.45) is 2.69. The van der Waals surface area contributed by atoms with Crippen LogP contribution in [0.25, 0.3) is 10.9 Å². The zero-order chi connectivity index (χ0) is 16.8. The van der Waals surface area contributed by atoms with E-state index in [-0.39, 0.29) is 6.61 Å². The number of β-amino-alcohol motifs (C(OH)–C–C–N with tert-alkyl or cyclic N) is 1. The van der Waals surface area contributed by atoms with E-state index in [4.69, 9.17) is 5.11 Å². The fourth-order valence-electron chi connectivity index (χ4n) is 3.06. The molecule has 0 saturated carbocycles. The largest absolute Gasteiger partial charge is 0.395 e. The lowest BCUT2D eigenvalue weighted by molar-refractivity contribution is 0.112. The first-order valence-corrected chi connectivity index (χ1v) is 9.25. The highest BCUT2D eigenvalue weighted by Gasteiger charge is 2.15. The highest BCUT2D eigenvalue weighted by atomic mass is 79.9. The lowest BCUT2D eigenvalue weighted by atomic mass is 10.2. The molecular weight excluding hydrogens is 370 g/mol. The molecule has 1 fully saturated rings. The second kappa shape index (κ2) is 8.71. The fourth-order valence-corrected chi connectivity index (χ4v) is 3.42. The van der Waals surface area contributed by atoms with E-state index in [9.17, 15) is 0 Å². The molecule has 6 nitrogen and oxygen atoms in total. The van der Waals surface area contributed by atoms with Crippen molar-refractivity contribution >= 4 is 32.7 Å². The highest BCUT2D eigenvalue weighted by Crippen LogP contribution is 2.23. The van der Waals surface area contributed by atoms with E-state index in [0.717, 1.165) is 73.4 Å². The van der Waals surface area contributed by atoms with Gasteiger partial charge >= 0.3 is 0 Å². The van der Waals surface area contributed by atoms with Crippen LogP contribution in [-0.2, 0) is 0 Å². The van der Waals surface area contributed by atoms with Gasteiger partial charge in [0.2, 0.25) is 0 Å². The van der Waals surface area contributed by atoms with Crippen molar-refractivity contribution in [3.05, 3.63) is 29.0 Å². The first-order valence-electron chi connectivity index (χ1n) is 8.46. The minimum absolute atomic E-state index is 0.257. The minimum atomic E-state index is 0.257. The van der Waals surface area contributed by atoms with Gasteiger partial charge in [0.05, 0.1) is 12.1 Å². The molecule has 24 heavy (non-hydrogen) atoms. The van der Waals surface area contributed by atoms with Gasteiger partial charge in [0, 0.05) is 49.1 Å². The van der Waals surface area contributed by atoms with Crippen LogP contribution in [0.15, 0.2) is 29.0 Å². The van der Waals surface area contributed by atoms with Gasteiger partial charge in [-0.05, 0) is 31.2 Å². The van der Waals surface area contributed by atoms with Crippen molar-refractivity contribution in [2.45, 2.75) is 6.42 Å². The van der Waals surface area contributed by atoms with Gasteiger partial charge in [-0.25, -0.2) is 9.97 Å². The number of aromatic nitrogens is 2. The molecule has 1 aromatic heterocycles. The van der Waals surface area contributed by atoms with Crippen LogP contribution in [0.5, 0.6) is 0 Å². The second-order valence-electron chi connectivity index (χ2n) is 6.07. The number of halogens is 1. The number of anilines is 1. The van der Waals surface area contributed by atoms with Crippen LogP contribution in [0.2, 0.25) is 0 Å². The van der Waals surface area contributed by atoms with Gasteiger partial charge in [-0.2, -0.15) is 0 Å². The smallest absolute Gasteiger partial charge is 0.137 e. The van der Waals surface area contributed by atoms with Crippen molar-refractivity contribution in [2.75, 3.05) is 57.7 Å². The van der Waals surface area contributed by atoms with Crippen LogP contribution in [0, 0.1) is 0 Å². The quantitative estimate of drug-likeness (QED) is 0.699. The van der Waals surface area contributed by atoms with Crippen molar-refractivity contribution in [3.63, 3.8) is 0 Å². The molecule has 0 atom stereocenters. The molecule has 130 valence electrons. The van der Waals surface area contributed by atoms with Crippen molar-refractivity contribution < 1.29 is 5.11 Å². The Balaban J connectivity index is 1.45. The molecule has 0 aliphatic carbocycles. The van der Waals surface area contributed by atoms with E-state index in [2.05, 4.69) is 47.1 Å². The number of fused-ring (bicyclic) bond motifs is 1. The maximum absolute atomic E-state index is 8.98. The Hall–Kier alpha value is -1.28. The van der Waals surface area contributed by atoms with E-state index in [1.54, 1.807) is 6.33 Å². The van der Waals surface area contributed by atoms with E-state index < -0.39 is 0 Å². The maximum Gasteiger partial charge on any atom is 0.137 e.